The van der Waals surface area contributed by atoms with Crippen LogP contribution in [0, 0.1) is 18.8 Å². The molecule has 3 unspecified atom stereocenters. The maximum absolute atomic E-state index is 12.4. The van der Waals surface area contributed by atoms with Crippen molar-refractivity contribution in [2.24, 2.45) is 11.8 Å². The zero-order valence-corrected chi connectivity index (χ0v) is 12.9. The van der Waals surface area contributed by atoms with E-state index in [1.54, 1.807) is 11.3 Å². The quantitative estimate of drug-likeness (QED) is 0.901. The smallest absolute Gasteiger partial charge is 0.326 e. The highest BCUT2D eigenvalue weighted by Crippen LogP contribution is 2.42. The first-order valence-electron chi connectivity index (χ1n) is 7.38. The lowest BCUT2D eigenvalue weighted by atomic mass is 9.94. The van der Waals surface area contributed by atoms with Crippen molar-refractivity contribution in [2.75, 3.05) is 6.54 Å². The third-order valence-electron chi connectivity index (χ3n) is 4.77. The molecule has 2 fully saturated rings. The van der Waals surface area contributed by atoms with E-state index in [1.807, 2.05) is 18.4 Å². The molecular formula is C15H20N2O3S. The van der Waals surface area contributed by atoms with Gasteiger partial charge in [-0.05, 0) is 48.6 Å². The maximum Gasteiger partial charge on any atom is 0.326 e. The van der Waals surface area contributed by atoms with Crippen molar-refractivity contribution >= 4 is 23.3 Å². The number of carboxylic acid groups (broad SMARTS) is 1. The van der Waals surface area contributed by atoms with E-state index >= 15 is 0 Å². The van der Waals surface area contributed by atoms with Crippen molar-refractivity contribution in [1.29, 1.82) is 0 Å². The number of hydrogen-bond donors (Lipinski definition) is 2. The lowest BCUT2D eigenvalue weighted by Crippen LogP contribution is -2.47. The number of carboxylic acids is 1. The number of aliphatic carboxylic acids is 1. The SMILES string of the molecule is Cc1ccsc1CNC(=O)N1CC2CCCC2C1C(=O)O. The molecule has 1 aromatic rings. The molecule has 0 spiro atoms. The second-order valence-corrected chi connectivity index (χ2v) is 6.98. The van der Waals surface area contributed by atoms with Crippen LogP contribution >= 0.6 is 11.3 Å². The first-order chi connectivity index (χ1) is 10.1. The standard InChI is InChI=1S/C15H20N2O3S/c1-9-5-6-21-12(9)7-16-15(20)17-8-10-3-2-4-11(10)13(17)14(18)19/h5-6,10-11,13H,2-4,7-8H2,1H3,(H,16,20)(H,18,19). The predicted molar refractivity (Wildman–Crippen MR) is 80.3 cm³/mol. The fourth-order valence-electron chi connectivity index (χ4n) is 3.67. The summed E-state index contributed by atoms with van der Waals surface area (Å²) in [5.41, 5.74) is 1.16. The molecule has 2 heterocycles. The summed E-state index contributed by atoms with van der Waals surface area (Å²) in [4.78, 5) is 26.5. The highest BCUT2D eigenvalue weighted by Gasteiger charge is 2.49. The van der Waals surface area contributed by atoms with Gasteiger partial charge in [0.1, 0.15) is 6.04 Å². The number of nitrogens with zero attached hydrogens (tertiary/aromatic N) is 1. The minimum Gasteiger partial charge on any atom is -0.480 e. The molecule has 0 bridgehead atoms. The van der Waals surface area contributed by atoms with Crippen molar-refractivity contribution < 1.29 is 14.7 Å². The number of urea groups is 1. The van der Waals surface area contributed by atoms with Crippen molar-refractivity contribution in [1.82, 2.24) is 10.2 Å². The number of aryl methyl sites for hydroxylation is 1. The zero-order chi connectivity index (χ0) is 15.0. The van der Waals surface area contributed by atoms with Crippen LogP contribution < -0.4 is 5.32 Å². The highest BCUT2D eigenvalue weighted by atomic mass is 32.1. The third-order valence-corrected chi connectivity index (χ3v) is 5.80. The summed E-state index contributed by atoms with van der Waals surface area (Å²) >= 11 is 1.61. The molecule has 1 aliphatic carbocycles. The number of rotatable bonds is 3. The zero-order valence-electron chi connectivity index (χ0n) is 12.0. The van der Waals surface area contributed by atoms with Gasteiger partial charge in [-0.1, -0.05) is 6.42 Å². The molecule has 1 saturated heterocycles. The van der Waals surface area contributed by atoms with Crippen molar-refractivity contribution in [3.63, 3.8) is 0 Å². The molecule has 3 rings (SSSR count). The average Bonchev–Trinajstić information content (AvgIpc) is 3.10. The molecular weight excluding hydrogens is 288 g/mol. The van der Waals surface area contributed by atoms with E-state index in [4.69, 9.17) is 0 Å². The molecule has 2 amide bonds. The van der Waals surface area contributed by atoms with Gasteiger partial charge in [0, 0.05) is 11.4 Å². The summed E-state index contributed by atoms with van der Waals surface area (Å²) in [5.74, 6) is -0.371. The number of carbonyl (C=O) groups is 2. The number of amides is 2. The minimum atomic E-state index is -0.869. The Morgan fingerprint density at radius 3 is 2.95 bits per heavy atom. The molecule has 6 heteroatoms. The van der Waals surface area contributed by atoms with Gasteiger partial charge < -0.3 is 15.3 Å². The molecule has 2 N–H and O–H groups in total. The van der Waals surface area contributed by atoms with Crippen molar-refractivity contribution in [3.8, 4) is 0 Å². The van der Waals surface area contributed by atoms with Gasteiger partial charge in [-0.2, -0.15) is 0 Å². The molecule has 0 radical (unpaired) electrons. The Morgan fingerprint density at radius 2 is 2.29 bits per heavy atom. The fourth-order valence-corrected chi connectivity index (χ4v) is 4.52. The maximum atomic E-state index is 12.4. The first kappa shape index (κ1) is 14.4. The third kappa shape index (κ3) is 2.64. The highest BCUT2D eigenvalue weighted by molar-refractivity contribution is 7.10. The van der Waals surface area contributed by atoms with Crippen LogP contribution in [0.5, 0.6) is 0 Å². The average molecular weight is 308 g/mol. The Balaban J connectivity index is 1.66. The molecule has 5 nitrogen and oxygen atoms in total. The van der Waals surface area contributed by atoms with Gasteiger partial charge >= 0.3 is 12.0 Å². The Morgan fingerprint density at radius 1 is 1.48 bits per heavy atom. The van der Waals surface area contributed by atoms with Crippen LogP contribution in [0.1, 0.15) is 29.7 Å². The number of fused-ring (bicyclic) bond motifs is 1. The number of hydrogen-bond acceptors (Lipinski definition) is 3. The van der Waals surface area contributed by atoms with Crippen LogP contribution in [0.3, 0.4) is 0 Å². The Kier molecular flexibility index (Phi) is 3.89. The molecule has 1 aromatic heterocycles. The molecule has 114 valence electrons. The number of likely N-dealkylation sites (tertiary alicyclic amines) is 1. The van der Waals surface area contributed by atoms with Gasteiger partial charge in [0.25, 0.3) is 0 Å². The van der Waals surface area contributed by atoms with Gasteiger partial charge in [-0.3, -0.25) is 0 Å². The molecule has 21 heavy (non-hydrogen) atoms. The topological polar surface area (TPSA) is 69.6 Å². The summed E-state index contributed by atoms with van der Waals surface area (Å²) in [6.45, 7) is 3.07. The van der Waals surface area contributed by atoms with Crippen LogP contribution in [0.4, 0.5) is 4.79 Å². The van der Waals surface area contributed by atoms with Crippen molar-refractivity contribution in [3.05, 3.63) is 21.9 Å². The molecule has 1 aliphatic heterocycles. The largest absolute Gasteiger partial charge is 0.480 e. The monoisotopic (exact) mass is 308 g/mol. The van der Waals surface area contributed by atoms with Gasteiger partial charge in [0.15, 0.2) is 0 Å². The molecule has 3 atom stereocenters. The predicted octanol–water partition coefficient (Wildman–Crippen LogP) is 2.45. The van der Waals surface area contributed by atoms with Gasteiger partial charge in [-0.15, -0.1) is 11.3 Å². The summed E-state index contributed by atoms with van der Waals surface area (Å²) in [6.07, 6.45) is 3.06. The van der Waals surface area contributed by atoms with Crippen LogP contribution in [0.2, 0.25) is 0 Å². The van der Waals surface area contributed by atoms with E-state index in [9.17, 15) is 14.7 Å². The minimum absolute atomic E-state index is 0.136. The summed E-state index contributed by atoms with van der Waals surface area (Å²) in [6, 6.07) is 1.12. The van der Waals surface area contributed by atoms with Crippen LogP contribution in [0.15, 0.2) is 11.4 Å². The van der Waals surface area contributed by atoms with E-state index in [0.29, 0.717) is 19.0 Å². The number of thiophene rings is 1. The molecule has 2 aliphatic rings. The fraction of sp³-hybridized carbons (Fsp3) is 0.600. The second-order valence-electron chi connectivity index (χ2n) is 5.98. The van der Waals surface area contributed by atoms with E-state index in [2.05, 4.69) is 5.32 Å². The number of nitrogens with one attached hydrogen (secondary N) is 1. The molecule has 1 saturated carbocycles. The number of carbonyl (C=O) groups excluding carboxylic acids is 1. The van der Waals surface area contributed by atoms with E-state index < -0.39 is 12.0 Å². The van der Waals surface area contributed by atoms with Gasteiger partial charge in [0.2, 0.25) is 0 Å². The Labute approximate surface area is 128 Å². The lowest BCUT2D eigenvalue weighted by Gasteiger charge is -2.24. The summed E-state index contributed by atoms with van der Waals surface area (Å²) < 4.78 is 0. The van der Waals surface area contributed by atoms with E-state index in [1.165, 1.54) is 4.90 Å². The van der Waals surface area contributed by atoms with Crippen LogP contribution in [0.25, 0.3) is 0 Å². The Hall–Kier alpha value is -1.56. The van der Waals surface area contributed by atoms with E-state index in [-0.39, 0.29) is 11.9 Å². The second kappa shape index (κ2) is 5.67. The van der Waals surface area contributed by atoms with Gasteiger partial charge in [0.05, 0.1) is 6.54 Å². The van der Waals surface area contributed by atoms with Crippen LogP contribution in [-0.2, 0) is 11.3 Å². The summed E-state index contributed by atoms with van der Waals surface area (Å²) in [7, 11) is 0. The first-order valence-corrected chi connectivity index (χ1v) is 8.26. The molecule has 0 aromatic carbocycles. The van der Waals surface area contributed by atoms with Gasteiger partial charge in [-0.25, -0.2) is 9.59 Å². The van der Waals surface area contributed by atoms with Crippen molar-refractivity contribution in [2.45, 2.75) is 38.8 Å². The van der Waals surface area contributed by atoms with E-state index in [0.717, 1.165) is 29.7 Å². The lowest BCUT2D eigenvalue weighted by molar-refractivity contribution is -0.142. The summed E-state index contributed by atoms with van der Waals surface area (Å²) in [5, 5.41) is 14.3. The Bertz CT molecular complexity index is 557. The normalized spacial score (nSPS) is 27.7. The van der Waals surface area contributed by atoms with Crippen LogP contribution in [-0.4, -0.2) is 34.6 Å².